The van der Waals surface area contributed by atoms with Crippen LogP contribution in [0.3, 0.4) is 0 Å². The molecule has 0 radical (unpaired) electrons. The van der Waals surface area contributed by atoms with Crippen molar-refractivity contribution in [3.05, 3.63) is 0 Å². The lowest BCUT2D eigenvalue weighted by Crippen LogP contribution is -2.56. The van der Waals surface area contributed by atoms with Gasteiger partial charge in [0, 0.05) is 25.2 Å². The molecule has 0 bridgehead atoms. The fourth-order valence-corrected chi connectivity index (χ4v) is 2.98. The topological polar surface area (TPSA) is 55.9 Å². The summed E-state index contributed by atoms with van der Waals surface area (Å²) in [7, 11) is 2.00. The molecule has 2 aliphatic rings. The number of hydrogen-bond acceptors (Lipinski definition) is 4. The van der Waals surface area contributed by atoms with Crippen LogP contribution < -0.4 is 5.32 Å². The summed E-state index contributed by atoms with van der Waals surface area (Å²) >= 11 is 0. The summed E-state index contributed by atoms with van der Waals surface area (Å²) in [5.41, 5.74) is -0.0436. The first-order valence-electron chi connectivity index (χ1n) is 7.86. The molecule has 0 aromatic carbocycles. The third-order valence-corrected chi connectivity index (χ3v) is 4.61. The summed E-state index contributed by atoms with van der Waals surface area (Å²) in [6, 6.07) is 0. The van der Waals surface area contributed by atoms with E-state index in [0.717, 1.165) is 19.6 Å². The van der Waals surface area contributed by atoms with Gasteiger partial charge in [-0.25, -0.2) is 0 Å². The number of piperazine rings is 1. The number of likely N-dealkylation sites (N-methyl/N-ethyl adjacent to an activating group) is 1. The van der Waals surface area contributed by atoms with Crippen molar-refractivity contribution in [3.63, 3.8) is 0 Å². The Morgan fingerprint density at radius 3 is 2.57 bits per heavy atom. The number of nitrogens with zero attached hydrogens (tertiary/aromatic N) is 3. The van der Waals surface area contributed by atoms with Crippen molar-refractivity contribution in [1.29, 1.82) is 0 Å². The van der Waals surface area contributed by atoms with Crippen LogP contribution in [0.5, 0.6) is 0 Å². The zero-order valence-corrected chi connectivity index (χ0v) is 13.5. The number of rotatable bonds is 5. The molecule has 2 amide bonds. The molecule has 0 aliphatic carbocycles. The Balaban J connectivity index is 1.85. The predicted molar refractivity (Wildman–Crippen MR) is 82.0 cm³/mol. The van der Waals surface area contributed by atoms with E-state index in [1.807, 2.05) is 7.05 Å². The highest BCUT2D eigenvalue weighted by atomic mass is 16.2. The predicted octanol–water partition coefficient (Wildman–Crippen LogP) is -0.249. The molecule has 6 heteroatoms. The highest BCUT2D eigenvalue weighted by Crippen LogP contribution is 2.18. The minimum absolute atomic E-state index is 0.0434. The Morgan fingerprint density at radius 1 is 1.29 bits per heavy atom. The van der Waals surface area contributed by atoms with Crippen molar-refractivity contribution in [3.8, 4) is 0 Å². The molecular formula is C15H28N4O2. The second-order valence-electron chi connectivity index (χ2n) is 6.82. The first-order chi connectivity index (χ1) is 9.88. The lowest BCUT2D eigenvalue weighted by Gasteiger charge is -2.39. The number of nitrogens with one attached hydrogen (secondary N) is 1. The summed E-state index contributed by atoms with van der Waals surface area (Å²) in [4.78, 5) is 29.9. The maximum atomic E-state index is 12.3. The largest absolute Gasteiger partial charge is 0.353 e. The van der Waals surface area contributed by atoms with Crippen LogP contribution in [0.1, 0.15) is 26.7 Å². The molecule has 0 saturated carbocycles. The van der Waals surface area contributed by atoms with Gasteiger partial charge < -0.3 is 15.1 Å². The highest BCUT2D eigenvalue weighted by Gasteiger charge is 2.30. The lowest BCUT2D eigenvalue weighted by molar-refractivity contribution is -0.139. The maximum absolute atomic E-state index is 12.3. The van der Waals surface area contributed by atoms with Gasteiger partial charge in [0.1, 0.15) is 0 Å². The molecule has 0 aromatic heterocycles. The Hall–Kier alpha value is -1.14. The van der Waals surface area contributed by atoms with E-state index in [4.69, 9.17) is 0 Å². The van der Waals surface area contributed by atoms with Gasteiger partial charge >= 0.3 is 0 Å². The van der Waals surface area contributed by atoms with Crippen LogP contribution in [-0.2, 0) is 9.59 Å². The summed E-state index contributed by atoms with van der Waals surface area (Å²) in [6.07, 6.45) is 2.56. The van der Waals surface area contributed by atoms with Crippen molar-refractivity contribution in [1.82, 2.24) is 20.0 Å². The first-order valence-corrected chi connectivity index (χ1v) is 7.86. The van der Waals surface area contributed by atoms with Crippen molar-refractivity contribution >= 4 is 11.8 Å². The van der Waals surface area contributed by atoms with Gasteiger partial charge in [-0.15, -0.1) is 0 Å². The Morgan fingerprint density at radius 2 is 1.95 bits per heavy atom. The second-order valence-corrected chi connectivity index (χ2v) is 6.82. The zero-order chi connectivity index (χ0) is 15.5. The lowest BCUT2D eigenvalue weighted by atomic mass is 10.0. The van der Waals surface area contributed by atoms with Gasteiger partial charge in [0.05, 0.1) is 13.1 Å². The molecule has 2 aliphatic heterocycles. The molecule has 21 heavy (non-hydrogen) atoms. The number of hydrogen-bond donors (Lipinski definition) is 1. The quantitative estimate of drug-likeness (QED) is 0.760. The fraction of sp³-hybridized carbons (Fsp3) is 0.867. The van der Waals surface area contributed by atoms with E-state index in [1.54, 1.807) is 4.90 Å². The summed E-state index contributed by atoms with van der Waals surface area (Å²) in [5.74, 6) is -0.0181. The fourth-order valence-electron chi connectivity index (χ4n) is 2.98. The van der Waals surface area contributed by atoms with Gasteiger partial charge in [-0.3, -0.25) is 14.5 Å². The third kappa shape index (κ3) is 4.41. The molecule has 2 rings (SSSR count). The van der Waals surface area contributed by atoms with E-state index >= 15 is 0 Å². The van der Waals surface area contributed by atoms with Gasteiger partial charge in [-0.1, -0.05) is 0 Å². The first kappa shape index (κ1) is 16.2. The molecule has 6 nitrogen and oxygen atoms in total. The molecular weight excluding hydrogens is 268 g/mol. The Kier molecular flexibility index (Phi) is 5.22. The van der Waals surface area contributed by atoms with Gasteiger partial charge in [0.2, 0.25) is 11.8 Å². The van der Waals surface area contributed by atoms with E-state index in [0.29, 0.717) is 19.6 Å². The molecule has 2 heterocycles. The molecule has 0 atom stereocenters. The van der Waals surface area contributed by atoms with Crippen LogP contribution in [0, 0.1) is 0 Å². The molecule has 0 aromatic rings. The normalized spacial score (nSPS) is 21.0. The molecule has 120 valence electrons. The monoisotopic (exact) mass is 296 g/mol. The smallest absolute Gasteiger partial charge is 0.239 e. The van der Waals surface area contributed by atoms with Gasteiger partial charge in [-0.2, -0.15) is 0 Å². The third-order valence-electron chi connectivity index (χ3n) is 4.61. The van der Waals surface area contributed by atoms with Crippen LogP contribution in [-0.4, -0.2) is 84.9 Å². The van der Waals surface area contributed by atoms with Crippen LogP contribution >= 0.6 is 0 Å². The Bertz CT molecular complexity index is 391. The number of likely N-dealkylation sites (tertiary alicyclic amines) is 1. The van der Waals surface area contributed by atoms with E-state index in [-0.39, 0.29) is 23.9 Å². The molecule has 0 unspecified atom stereocenters. The van der Waals surface area contributed by atoms with Gasteiger partial charge in [0.25, 0.3) is 0 Å². The highest BCUT2D eigenvalue weighted by molar-refractivity contribution is 5.86. The van der Waals surface area contributed by atoms with E-state index in [2.05, 4.69) is 29.0 Å². The molecule has 1 N–H and O–H groups in total. The standard InChI is InChI=1S/C15H28N4O2/c1-15(2,12-18-7-4-5-8-18)17(3)11-14(21)19-9-6-16-13(20)10-19/h4-12H2,1-3H3,(H,16,20). The molecule has 2 saturated heterocycles. The van der Waals surface area contributed by atoms with Crippen LogP contribution in [0.4, 0.5) is 0 Å². The average Bonchev–Trinajstić information content (AvgIpc) is 2.90. The summed E-state index contributed by atoms with van der Waals surface area (Å²) in [5, 5.41) is 2.75. The van der Waals surface area contributed by atoms with Crippen LogP contribution in [0.2, 0.25) is 0 Å². The second kappa shape index (κ2) is 6.75. The minimum Gasteiger partial charge on any atom is -0.353 e. The van der Waals surface area contributed by atoms with Crippen LogP contribution in [0.25, 0.3) is 0 Å². The number of carbonyl (C=O) groups excluding carboxylic acids is 2. The average molecular weight is 296 g/mol. The number of amides is 2. The van der Waals surface area contributed by atoms with Crippen molar-refractivity contribution in [2.45, 2.75) is 32.2 Å². The Labute approximate surface area is 127 Å². The van der Waals surface area contributed by atoms with Crippen molar-refractivity contribution < 1.29 is 9.59 Å². The molecule has 2 fully saturated rings. The van der Waals surface area contributed by atoms with E-state index < -0.39 is 0 Å². The minimum atomic E-state index is -0.0615. The summed E-state index contributed by atoms with van der Waals surface area (Å²) < 4.78 is 0. The summed E-state index contributed by atoms with van der Waals surface area (Å²) in [6.45, 7) is 9.42. The zero-order valence-electron chi connectivity index (χ0n) is 13.5. The van der Waals surface area contributed by atoms with Crippen molar-refractivity contribution in [2.24, 2.45) is 0 Å². The maximum Gasteiger partial charge on any atom is 0.239 e. The SMILES string of the molecule is CN(CC(=O)N1CCNC(=O)C1)C(C)(C)CN1CCCC1. The van der Waals surface area contributed by atoms with E-state index in [9.17, 15) is 9.59 Å². The van der Waals surface area contributed by atoms with E-state index in [1.165, 1.54) is 12.8 Å². The molecule has 0 spiro atoms. The van der Waals surface area contributed by atoms with Gasteiger partial charge in [-0.05, 0) is 46.8 Å². The van der Waals surface area contributed by atoms with Crippen molar-refractivity contribution in [2.75, 3.05) is 52.9 Å². The van der Waals surface area contributed by atoms with Crippen LogP contribution in [0.15, 0.2) is 0 Å². The number of carbonyl (C=O) groups is 2. The van der Waals surface area contributed by atoms with Gasteiger partial charge in [0.15, 0.2) is 0 Å².